The molecule has 0 saturated carbocycles. The smallest absolute Gasteiger partial charge is 0.306 e. The summed E-state index contributed by atoms with van der Waals surface area (Å²) >= 11 is 0. The van der Waals surface area contributed by atoms with E-state index in [0.29, 0.717) is 6.54 Å². The van der Waals surface area contributed by atoms with Crippen LogP contribution >= 0.6 is 0 Å². The number of hydrogen-bond donors (Lipinski definition) is 0. The van der Waals surface area contributed by atoms with Crippen molar-refractivity contribution in [1.29, 1.82) is 0 Å². The molecule has 0 unspecified atom stereocenters. The van der Waals surface area contributed by atoms with Crippen LogP contribution in [0.25, 0.3) is 0 Å². The zero-order valence-electron chi connectivity index (χ0n) is 12.3. The SMILES string of the molecule is CC[C@@H](C)N(Cc1ccc(OS(C)(=O)=O)cc1)C(C)=O. The van der Waals surface area contributed by atoms with E-state index < -0.39 is 10.1 Å². The zero-order chi connectivity index (χ0) is 15.3. The van der Waals surface area contributed by atoms with E-state index in [9.17, 15) is 13.2 Å². The van der Waals surface area contributed by atoms with Crippen LogP contribution in [0.3, 0.4) is 0 Å². The van der Waals surface area contributed by atoms with Gasteiger partial charge >= 0.3 is 10.1 Å². The monoisotopic (exact) mass is 299 g/mol. The van der Waals surface area contributed by atoms with E-state index in [4.69, 9.17) is 4.18 Å². The number of carbonyl (C=O) groups is 1. The number of hydrogen-bond acceptors (Lipinski definition) is 4. The Morgan fingerprint density at radius 3 is 2.25 bits per heavy atom. The molecule has 1 rings (SSSR count). The van der Waals surface area contributed by atoms with Gasteiger partial charge in [-0.2, -0.15) is 8.42 Å². The van der Waals surface area contributed by atoms with Crippen molar-refractivity contribution < 1.29 is 17.4 Å². The van der Waals surface area contributed by atoms with Gasteiger partial charge in [0.05, 0.1) is 6.26 Å². The molecule has 0 N–H and O–H groups in total. The molecule has 0 fully saturated rings. The Morgan fingerprint density at radius 2 is 1.85 bits per heavy atom. The van der Waals surface area contributed by atoms with E-state index >= 15 is 0 Å². The van der Waals surface area contributed by atoms with Crippen LogP contribution in [0.5, 0.6) is 5.75 Å². The van der Waals surface area contributed by atoms with Crippen molar-refractivity contribution in [3.63, 3.8) is 0 Å². The van der Waals surface area contributed by atoms with Crippen LogP contribution in [-0.2, 0) is 21.5 Å². The van der Waals surface area contributed by atoms with Crippen molar-refractivity contribution in [1.82, 2.24) is 4.90 Å². The van der Waals surface area contributed by atoms with Gasteiger partial charge in [0.15, 0.2) is 0 Å². The largest absolute Gasteiger partial charge is 0.383 e. The lowest BCUT2D eigenvalue weighted by molar-refractivity contribution is -0.131. The second-order valence-corrected chi connectivity index (χ2v) is 6.41. The molecule has 0 radical (unpaired) electrons. The van der Waals surface area contributed by atoms with E-state index in [-0.39, 0.29) is 17.7 Å². The normalized spacial score (nSPS) is 12.8. The van der Waals surface area contributed by atoms with Crippen molar-refractivity contribution in [2.45, 2.75) is 39.8 Å². The first-order valence-electron chi connectivity index (χ1n) is 6.48. The van der Waals surface area contributed by atoms with Gasteiger partial charge in [-0.1, -0.05) is 19.1 Å². The summed E-state index contributed by atoms with van der Waals surface area (Å²) in [6.45, 7) is 6.09. The predicted molar refractivity (Wildman–Crippen MR) is 77.9 cm³/mol. The molecule has 112 valence electrons. The molecule has 0 aliphatic rings. The van der Waals surface area contributed by atoms with Crippen molar-refractivity contribution >= 4 is 16.0 Å². The van der Waals surface area contributed by atoms with Crippen LogP contribution in [0, 0.1) is 0 Å². The Hall–Kier alpha value is -1.56. The van der Waals surface area contributed by atoms with Gasteiger partial charge in [0.25, 0.3) is 0 Å². The quantitative estimate of drug-likeness (QED) is 0.755. The Kier molecular flexibility index (Phi) is 5.56. The third kappa shape index (κ3) is 5.21. The summed E-state index contributed by atoms with van der Waals surface area (Å²) in [4.78, 5) is 13.4. The fourth-order valence-electron chi connectivity index (χ4n) is 1.82. The second-order valence-electron chi connectivity index (χ2n) is 4.84. The van der Waals surface area contributed by atoms with Crippen molar-refractivity contribution in [2.24, 2.45) is 0 Å². The number of rotatable bonds is 6. The van der Waals surface area contributed by atoms with E-state index in [1.54, 1.807) is 36.1 Å². The number of nitrogens with zero attached hydrogens (tertiary/aromatic N) is 1. The standard InChI is InChI=1S/C14H21NO4S/c1-5-11(2)15(12(3)16)10-13-6-8-14(9-7-13)19-20(4,17)18/h6-9,11H,5,10H2,1-4H3/t11-/m1/s1. The highest BCUT2D eigenvalue weighted by Gasteiger charge is 2.15. The van der Waals surface area contributed by atoms with Crippen LogP contribution in [0.1, 0.15) is 32.8 Å². The molecule has 0 aromatic heterocycles. The maximum atomic E-state index is 11.6. The molecule has 6 heteroatoms. The van der Waals surface area contributed by atoms with E-state index in [0.717, 1.165) is 18.2 Å². The molecular formula is C14H21NO4S. The van der Waals surface area contributed by atoms with Gasteiger partial charge in [-0.05, 0) is 31.0 Å². The lowest BCUT2D eigenvalue weighted by Crippen LogP contribution is -2.36. The molecule has 0 saturated heterocycles. The van der Waals surface area contributed by atoms with E-state index in [1.807, 2.05) is 13.8 Å². The Bertz CT molecular complexity index is 551. The van der Waals surface area contributed by atoms with Crippen LogP contribution in [0.15, 0.2) is 24.3 Å². The van der Waals surface area contributed by atoms with Crippen LogP contribution in [0.4, 0.5) is 0 Å². The number of benzene rings is 1. The van der Waals surface area contributed by atoms with Gasteiger partial charge in [-0.25, -0.2) is 0 Å². The maximum absolute atomic E-state index is 11.6. The average Bonchev–Trinajstić information content (AvgIpc) is 2.34. The molecule has 0 aliphatic carbocycles. The van der Waals surface area contributed by atoms with Gasteiger partial charge in [-0.15, -0.1) is 0 Å². The van der Waals surface area contributed by atoms with Crippen molar-refractivity contribution in [2.75, 3.05) is 6.26 Å². The summed E-state index contributed by atoms with van der Waals surface area (Å²) in [5.41, 5.74) is 0.932. The fourth-order valence-corrected chi connectivity index (χ4v) is 2.28. The molecule has 1 aromatic rings. The molecule has 5 nitrogen and oxygen atoms in total. The van der Waals surface area contributed by atoms with E-state index in [1.165, 1.54) is 0 Å². The minimum atomic E-state index is -3.51. The Morgan fingerprint density at radius 1 is 1.30 bits per heavy atom. The lowest BCUT2D eigenvalue weighted by atomic mass is 10.1. The molecule has 0 aliphatic heterocycles. The van der Waals surface area contributed by atoms with Crippen molar-refractivity contribution in [3.8, 4) is 5.75 Å². The molecule has 0 spiro atoms. The van der Waals surface area contributed by atoms with E-state index in [2.05, 4.69) is 0 Å². The second kappa shape index (κ2) is 6.74. The predicted octanol–water partition coefficient (Wildman–Crippen LogP) is 2.17. The summed E-state index contributed by atoms with van der Waals surface area (Å²) in [7, 11) is -3.51. The van der Waals surface area contributed by atoms with Gasteiger partial charge in [-0.3, -0.25) is 4.79 Å². The summed E-state index contributed by atoms with van der Waals surface area (Å²) in [6.07, 6.45) is 1.89. The zero-order valence-corrected chi connectivity index (χ0v) is 13.1. The molecule has 1 atom stereocenters. The molecular weight excluding hydrogens is 278 g/mol. The minimum Gasteiger partial charge on any atom is -0.383 e. The van der Waals surface area contributed by atoms with Crippen molar-refractivity contribution in [3.05, 3.63) is 29.8 Å². The fraction of sp³-hybridized carbons (Fsp3) is 0.500. The lowest BCUT2D eigenvalue weighted by Gasteiger charge is -2.27. The highest BCUT2D eigenvalue weighted by molar-refractivity contribution is 7.86. The molecule has 0 heterocycles. The first kappa shape index (κ1) is 16.5. The summed E-state index contributed by atoms with van der Waals surface area (Å²) in [5, 5.41) is 0. The van der Waals surface area contributed by atoms with Gasteiger partial charge in [0.1, 0.15) is 5.75 Å². The summed E-state index contributed by atoms with van der Waals surface area (Å²) in [6, 6.07) is 6.87. The molecule has 0 bridgehead atoms. The topological polar surface area (TPSA) is 63.7 Å². The first-order chi connectivity index (χ1) is 9.23. The third-order valence-electron chi connectivity index (χ3n) is 3.05. The number of amides is 1. The van der Waals surface area contributed by atoms with Gasteiger partial charge in [0.2, 0.25) is 5.91 Å². The highest BCUT2D eigenvalue weighted by Crippen LogP contribution is 2.17. The van der Waals surface area contributed by atoms with Crippen LogP contribution in [0.2, 0.25) is 0 Å². The maximum Gasteiger partial charge on any atom is 0.306 e. The van der Waals surface area contributed by atoms with Gasteiger partial charge < -0.3 is 9.08 Å². The summed E-state index contributed by atoms with van der Waals surface area (Å²) in [5.74, 6) is 0.296. The Balaban J connectivity index is 2.80. The molecule has 1 aromatic carbocycles. The average molecular weight is 299 g/mol. The van der Waals surface area contributed by atoms with Crippen LogP contribution in [-0.4, -0.2) is 31.5 Å². The first-order valence-corrected chi connectivity index (χ1v) is 8.30. The minimum absolute atomic E-state index is 0.0239. The molecule has 20 heavy (non-hydrogen) atoms. The number of carbonyl (C=O) groups excluding carboxylic acids is 1. The third-order valence-corrected chi connectivity index (χ3v) is 3.55. The van der Waals surface area contributed by atoms with Crippen LogP contribution < -0.4 is 4.18 Å². The highest BCUT2D eigenvalue weighted by atomic mass is 32.2. The Labute approximate surface area is 120 Å². The van der Waals surface area contributed by atoms with Gasteiger partial charge in [0, 0.05) is 19.5 Å². The summed E-state index contributed by atoms with van der Waals surface area (Å²) < 4.78 is 26.8. The molecule has 1 amide bonds.